The molecule has 1 amide bonds. The molecule has 0 aliphatic carbocycles. The number of likely N-dealkylation sites (tertiary alicyclic amines) is 1. The molecule has 1 heterocycles. The molecule has 0 aromatic heterocycles. The molecule has 2 rings (SSSR count). The van der Waals surface area contributed by atoms with Crippen LogP contribution in [0.2, 0.25) is 0 Å². The Balaban J connectivity index is 0.00000264. The van der Waals surface area contributed by atoms with Crippen molar-refractivity contribution in [3.8, 4) is 0 Å². The molecular weight excluding hydrogens is 316 g/mol. The number of carbonyl (C=O) groups excluding carboxylic acids is 2. The Morgan fingerprint density at radius 2 is 1.87 bits per heavy atom. The van der Waals surface area contributed by atoms with E-state index in [0.29, 0.717) is 39.0 Å². The summed E-state index contributed by atoms with van der Waals surface area (Å²) in [6, 6.07) is 9.36. The van der Waals surface area contributed by atoms with Crippen molar-refractivity contribution in [2.75, 3.05) is 19.7 Å². The number of carbonyl (C=O) groups is 2. The first kappa shape index (κ1) is 19.5. The lowest BCUT2D eigenvalue weighted by atomic mass is 9.96. The van der Waals surface area contributed by atoms with Gasteiger partial charge in [0, 0.05) is 25.6 Å². The van der Waals surface area contributed by atoms with Gasteiger partial charge >= 0.3 is 5.97 Å². The van der Waals surface area contributed by atoms with Crippen molar-refractivity contribution >= 4 is 24.3 Å². The SMILES string of the molecule is CCOC(=O)C1CCN(C(=O)CC(N)c2ccccc2)CC1.Cl. The Morgan fingerprint density at radius 3 is 2.43 bits per heavy atom. The minimum Gasteiger partial charge on any atom is -0.466 e. The van der Waals surface area contributed by atoms with Crippen LogP contribution in [0.15, 0.2) is 30.3 Å². The lowest BCUT2D eigenvalue weighted by Crippen LogP contribution is -2.41. The van der Waals surface area contributed by atoms with Crippen LogP contribution < -0.4 is 5.73 Å². The lowest BCUT2D eigenvalue weighted by Gasteiger charge is -2.31. The zero-order chi connectivity index (χ0) is 15.9. The number of amides is 1. The van der Waals surface area contributed by atoms with Gasteiger partial charge in [0.25, 0.3) is 0 Å². The maximum Gasteiger partial charge on any atom is 0.309 e. The summed E-state index contributed by atoms with van der Waals surface area (Å²) in [6.07, 6.45) is 1.64. The first-order valence-electron chi connectivity index (χ1n) is 7.86. The summed E-state index contributed by atoms with van der Waals surface area (Å²) in [5.41, 5.74) is 7.07. The Morgan fingerprint density at radius 1 is 1.26 bits per heavy atom. The van der Waals surface area contributed by atoms with Gasteiger partial charge < -0.3 is 15.4 Å². The van der Waals surface area contributed by atoms with E-state index in [9.17, 15) is 9.59 Å². The summed E-state index contributed by atoms with van der Waals surface area (Å²) >= 11 is 0. The fourth-order valence-corrected chi connectivity index (χ4v) is 2.76. The van der Waals surface area contributed by atoms with Gasteiger partial charge in [-0.15, -0.1) is 12.4 Å². The number of ether oxygens (including phenoxy) is 1. The van der Waals surface area contributed by atoms with Crippen LogP contribution in [0.1, 0.15) is 37.8 Å². The van der Waals surface area contributed by atoms with E-state index >= 15 is 0 Å². The maximum absolute atomic E-state index is 12.3. The number of halogens is 1. The van der Waals surface area contributed by atoms with Crippen molar-refractivity contribution in [1.82, 2.24) is 4.90 Å². The van der Waals surface area contributed by atoms with Crippen molar-refractivity contribution in [3.05, 3.63) is 35.9 Å². The lowest BCUT2D eigenvalue weighted by molar-refractivity contribution is -0.151. The summed E-state index contributed by atoms with van der Waals surface area (Å²) in [4.78, 5) is 25.8. The van der Waals surface area contributed by atoms with Gasteiger partial charge in [0.15, 0.2) is 0 Å². The molecule has 1 saturated heterocycles. The number of piperidine rings is 1. The van der Waals surface area contributed by atoms with E-state index in [1.807, 2.05) is 37.3 Å². The number of hydrogen-bond acceptors (Lipinski definition) is 4. The number of nitrogens with zero attached hydrogens (tertiary/aromatic N) is 1. The second-order valence-electron chi connectivity index (χ2n) is 5.63. The molecule has 128 valence electrons. The fraction of sp³-hybridized carbons (Fsp3) is 0.529. The summed E-state index contributed by atoms with van der Waals surface area (Å²) in [7, 11) is 0. The van der Waals surface area contributed by atoms with E-state index in [2.05, 4.69) is 0 Å². The highest BCUT2D eigenvalue weighted by molar-refractivity contribution is 5.85. The van der Waals surface area contributed by atoms with Crippen molar-refractivity contribution < 1.29 is 14.3 Å². The number of esters is 1. The van der Waals surface area contributed by atoms with Crippen molar-refractivity contribution in [2.45, 2.75) is 32.2 Å². The average molecular weight is 341 g/mol. The monoisotopic (exact) mass is 340 g/mol. The third-order valence-corrected chi connectivity index (χ3v) is 4.09. The molecule has 0 saturated carbocycles. The predicted molar refractivity (Wildman–Crippen MR) is 91.2 cm³/mol. The standard InChI is InChI=1S/C17H24N2O3.ClH/c1-2-22-17(21)14-8-10-19(11-9-14)16(20)12-15(18)13-6-4-3-5-7-13;/h3-7,14-15H,2,8-12,18H2,1H3;1H. The molecule has 0 bridgehead atoms. The van der Waals surface area contributed by atoms with Crippen molar-refractivity contribution in [1.29, 1.82) is 0 Å². The van der Waals surface area contributed by atoms with Crippen LogP contribution in [0, 0.1) is 5.92 Å². The van der Waals surface area contributed by atoms with Crippen LogP contribution in [0.5, 0.6) is 0 Å². The van der Waals surface area contributed by atoms with Gasteiger partial charge in [0.05, 0.1) is 12.5 Å². The molecular formula is C17H25ClN2O3. The van der Waals surface area contributed by atoms with Gasteiger partial charge in [0.1, 0.15) is 0 Å². The van der Waals surface area contributed by atoms with Gasteiger partial charge in [0.2, 0.25) is 5.91 Å². The molecule has 1 aromatic rings. The largest absolute Gasteiger partial charge is 0.466 e. The van der Waals surface area contributed by atoms with Crippen molar-refractivity contribution in [3.63, 3.8) is 0 Å². The maximum atomic E-state index is 12.3. The van der Waals surface area contributed by atoms with E-state index in [1.54, 1.807) is 4.90 Å². The molecule has 1 aliphatic rings. The molecule has 0 spiro atoms. The molecule has 1 atom stereocenters. The zero-order valence-electron chi connectivity index (χ0n) is 13.4. The number of benzene rings is 1. The normalized spacial score (nSPS) is 16.3. The molecule has 2 N–H and O–H groups in total. The predicted octanol–water partition coefficient (Wildman–Crippen LogP) is 2.30. The second-order valence-corrected chi connectivity index (χ2v) is 5.63. The van der Waals surface area contributed by atoms with E-state index < -0.39 is 0 Å². The molecule has 23 heavy (non-hydrogen) atoms. The smallest absolute Gasteiger partial charge is 0.309 e. The molecule has 6 heteroatoms. The zero-order valence-corrected chi connectivity index (χ0v) is 14.3. The molecule has 1 fully saturated rings. The highest BCUT2D eigenvalue weighted by Crippen LogP contribution is 2.21. The number of rotatable bonds is 5. The highest BCUT2D eigenvalue weighted by Gasteiger charge is 2.28. The summed E-state index contributed by atoms with van der Waals surface area (Å²) < 4.78 is 5.04. The first-order chi connectivity index (χ1) is 10.6. The molecule has 5 nitrogen and oxygen atoms in total. The van der Waals surface area contributed by atoms with Gasteiger partial charge in [-0.05, 0) is 25.3 Å². The Kier molecular flexibility index (Phi) is 8.06. The van der Waals surface area contributed by atoms with Crippen LogP contribution in [0.3, 0.4) is 0 Å². The van der Waals surface area contributed by atoms with Crippen LogP contribution in [-0.2, 0) is 14.3 Å². The average Bonchev–Trinajstić information content (AvgIpc) is 2.56. The van der Waals surface area contributed by atoms with Gasteiger partial charge in [-0.3, -0.25) is 9.59 Å². The fourth-order valence-electron chi connectivity index (χ4n) is 2.76. The van der Waals surface area contributed by atoms with Gasteiger partial charge in [-0.1, -0.05) is 30.3 Å². The van der Waals surface area contributed by atoms with Crippen LogP contribution >= 0.6 is 12.4 Å². The topological polar surface area (TPSA) is 72.6 Å². The van der Waals surface area contributed by atoms with Crippen LogP contribution in [-0.4, -0.2) is 36.5 Å². The molecule has 1 aliphatic heterocycles. The van der Waals surface area contributed by atoms with E-state index in [0.717, 1.165) is 5.56 Å². The third-order valence-electron chi connectivity index (χ3n) is 4.09. The Hall–Kier alpha value is -1.59. The van der Waals surface area contributed by atoms with Crippen molar-refractivity contribution in [2.24, 2.45) is 11.7 Å². The van der Waals surface area contributed by atoms with Crippen LogP contribution in [0.25, 0.3) is 0 Å². The highest BCUT2D eigenvalue weighted by atomic mass is 35.5. The quantitative estimate of drug-likeness (QED) is 0.835. The summed E-state index contributed by atoms with van der Waals surface area (Å²) in [5, 5.41) is 0. The molecule has 1 aromatic carbocycles. The Bertz CT molecular complexity index is 502. The van der Waals surface area contributed by atoms with Gasteiger partial charge in [-0.25, -0.2) is 0 Å². The minimum atomic E-state index is -0.281. The first-order valence-corrected chi connectivity index (χ1v) is 7.86. The van der Waals surface area contributed by atoms with E-state index in [1.165, 1.54) is 0 Å². The molecule has 0 radical (unpaired) electrons. The third kappa shape index (κ3) is 5.52. The van der Waals surface area contributed by atoms with E-state index in [-0.39, 0.29) is 36.2 Å². The summed E-state index contributed by atoms with van der Waals surface area (Å²) in [5.74, 6) is -0.166. The van der Waals surface area contributed by atoms with Crippen LogP contribution in [0.4, 0.5) is 0 Å². The molecule has 1 unspecified atom stereocenters. The van der Waals surface area contributed by atoms with E-state index in [4.69, 9.17) is 10.5 Å². The Labute approximate surface area is 143 Å². The van der Waals surface area contributed by atoms with Gasteiger partial charge in [-0.2, -0.15) is 0 Å². The second kappa shape index (κ2) is 9.53. The number of nitrogens with two attached hydrogens (primary N) is 1. The number of hydrogen-bond donors (Lipinski definition) is 1. The summed E-state index contributed by atoms with van der Waals surface area (Å²) in [6.45, 7) is 3.42. The minimum absolute atomic E-state index is 0.